The van der Waals surface area contributed by atoms with Gasteiger partial charge in [-0.2, -0.15) is 0 Å². The SMILES string of the molecule is c1cc(Cn2ccnc2)cc(NC2CCCNC2)c1. The van der Waals surface area contributed by atoms with E-state index < -0.39 is 0 Å². The molecule has 2 N–H and O–H groups in total. The fraction of sp³-hybridized carbons (Fsp3) is 0.400. The molecule has 1 unspecified atom stereocenters. The summed E-state index contributed by atoms with van der Waals surface area (Å²) in [5.74, 6) is 0. The Morgan fingerprint density at radius 3 is 3.21 bits per heavy atom. The van der Waals surface area contributed by atoms with Crippen LogP contribution in [0.25, 0.3) is 0 Å². The summed E-state index contributed by atoms with van der Waals surface area (Å²) in [6.07, 6.45) is 8.16. The molecule has 4 nitrogen and oxygen atoms in total. The molecule has 1 saturated heterocycles. The van der Waals surface area contributed by atoms with Gasteiger partial charge in [0.05, 0.1) is 6.33 Å². The summed E-state index contributed by atoms with van der Waals surface area (Å²) < 4.78 is 2.08. The maximum absolute atomic E-state index is 4.07. The van der Waals surface area contributed by atoms with Gasteiger partial charge in [0.15, 0.2) is 0 Å². The third-order valence-corrected chi connectivity index (χ3v) is 3.52. The first-order chi connectivity index (χ1) is 9.40. The predicted octanol–water partition coefficient (Wildman–Crippen LogP) is 2.10. The molecule has 1 fully saturated rings. The number of piperidine rings is 1. The summed E-state index contributed by atoms with van der Waals surface area (Å²) in [5, 5.41) is 7.04. The van der Waals surface area contributed by atoms with Crippen LogP contribution >= 0.6 is 0 Å². The van der Waals surface area contributed by atoms with Gasteiger partial charge in [-0.25, -0.2) is 4.98 Å². The van der Waals surface area contributed by atoms with E-state index in [0.717, 1.165) is 19.6 Å². The lowest BCUT2D eigenvalue weighted by Crippen LogP contribution is -2.38. The molecule has 0 radical (unpaired) electrons. The molecule has 1 aliphatic heterocycles. The maximum Gasteiger partial charge on any atom is 0.0949 e. The van der Waals surface area contributed by atoms with Crippen molar-refractivity contribution < 1.29 is 0 Å². The van der Waals surface area contributed by atoms with Crippen LogP contribution in [0.5, 0.6) is 0 Å². The first-order valence-corrected chi connectivity index (χ1v) is 6.92. The van der Waals surface area contributed by atoms with Crippen LogP contribution in [0.15, 0.2) is 43.0 Å². The summed E-state index contributed by atoms with van der Waals surface area (Å²) in [6.45, 7) is 3.09. The molecule has 0 amide bonds. The molecule has 2 aromatic rings. The fourth-order valence-electron chi connectivity index (χ4n) is 2.56. The molecule has 100 valence electrons. The normalized spacial score (nSPS) is 19.3. The Morgan fingerprint density at radius 2 is 2.42 bits per heavy atom. The highest BCUT2D eigenvalue weighted by Gasteiger charge is 2.12. The van der Waals surface area contributed by atoms with Gasteiger partial charge in [-0.05, 0) is 37.1 Å². The van der Waals surface area contributed by atoms with Gasteiger partial charge in [-0.15, -0.1) is 0 Å². The lowest BCUT2D eigenvalue weighted by atomic mass is 10.1. The molecule has 1 aromatic heterocycles. The quantitative estimate of drug-likeness (QED) is 0.880. The van der Waals surface area contributed by atoms with Crippen molar-refractivity contribution in [1.29, 1.82) is 0 Å². The first kappa shape index (κ1) is 12.2. The van der Waals surface area contributed by atoms with E-state index >= 15 is 0 Å². The van der Waals surface area contributed by atoms with Crippen molar-refractivity contribution in [3.05, 3.63) is 48.5 Å². The lowest BCUT2D eigenvalue weighted by molar-refractivity contribution is 0.480. The minimum absolute atomic E-state index is 0.553. The average Bonchev–Trinajstić information content (AvgIpc) is 2.93. The number of rotatable bonds is 4. The van der Waals surface area contributed by atoms with E-state index in [1.54, 1.807) is 0 Å². The number of nitrogens with zero attached hydrogens (tertiary/aromatic N) is 2. The van der Waals surface area contributed by atoms with Gasteiger partial charge in [0, 0.05) is 37.2 Å². The highest BCUT2D eigenvalue weighted by molar-refractivity contribution is 5.46. The predicted molar refractivity (Wildman–Crippen MR) is 77.3 cm³/mol. The third kappa shape index (κ3) is 3.35. The van der Waals surface area contributed by atoms with Crippen molar-refractivity contribution in [3.8, 4) is 0 Å². The van der Waals surface area contributed by atoms with Crippen molar-refractivity contribution in [2.45, 2.75) is 25.4 Å². The number of hydrogen-bond acceptors (Lipinski definition) is 3. The van der Waals surface area contributed by atoms with Crippen molar-refractivity contribution in [1.82, 2.24) is 14.9 Å². The largest absolute Gasteiger partial charge is 0.381 e. The molecule has 2 heterocycles. The molecule has 1 aromatic carbocycles. The highest BCUT2D eigenvalue weighted by Crippen LogP contribution is 2.15. The van der Waals surface area contributed by atoms with Crippen LogP contribution in [0.2, 0.25) is 0 Å². The van der Waals surface area contributed by atoms with E-state index in [4.69, 9.17) is 0 Å². The Labute approximate surface area is 113 Å². The summed E-state index contributed by atoms with van der Waals surface area (Å²) in [5.41, 5.74) is 2.51. The van der Waals surface area contributed by atoms with Gasteiger partial charge in [0.25, 0.3) is 0 Å². The minimum atomic E-state index is 0.553. The zero-order chi connectivity index (χ0) is 12.9. The first-order valence-electron chi connectivity index (χ1n) is 6.92. The maximum atomic E-state index is 4.07. The lowest BCUT2D eigenvalue weighted by Gasteiger charge is -2.25. The second-order valence-corrected chi connectivity index (χ2v) is 5.12. The van der Waals surface area contributed by atoms with Crippen molar-refractivity contribution in [3.63, 3.8) is 0 Å². The van der Waals surface area contributed by atoms with Gasteiger partial charge in [0.2, 0.25) is 0 Å². The number of benzene rings is 1. The van der Waals surface area contributed by atoms with E-state index in [0.29, 0.717) is 6.04 Å². The Kier molecular flexibility index (Phi) is 3.79. The summed E-state index contributed by atoms with van der Waals surface area (Å²) in [7, 11) is 0. The Balaban J connectivity index is 1.65. The highest BCUT2D eigenvalue weighted by atomic mass is 15.0. The van der Waals surface area contributed by atoms with Crippen LogP contribution in [0.4, 0.5) is 5.69 Å². The molecule has 0 spiro atoms. The summed E-state index contributed by atoms with van der Waals surface area (Å²) in [4.78, 5) is 4.07. The second-order valence-electron chi connectivity index (χ2n) is 5.12. The monoisotopic (exact) mass is 256 g/mol. The van der Waals surface area contributed by atoms with Crippen LogP contribution in [0.3, 0.4) is 0 Å². The molecular weight excluding hydrogens is 236 g/mol. The topological polar surface area (TPSA) is 41.9 Å². The van der Waals surface area contributed by atoms with Crippen molar-refractivity contribution in [2.24, 2.45) is 0 Å². The zero-order valence-electron chi connectivity index (χ0n) is 11.0. The van der Waals surface area contributed by atoms with Crippen LogP contribution in [-0.2, 0) is 6.54 Å². The van der Waals surface area contributed by atoms with Gasteiger partial charge in [0.1, 0.15) is 0 Å². The smallest absolute Gasteiger partial charge is 0.0949 e. The van der Waals surface area contributed by atoms with Gasteiger partial charge < -0.3 is 15.2 Å². The zero-order valence-corrected chi connectivity index (χ0v) is 11.0. The second kappa shape index (κ2) is 5.89. The number of imidazole rings is 1. The van der Waals surface area contributed by atoms with Crippen LogP contribution in [0, 0.1) is 0 Å². The molecule has 19 heavy (non-hydrogen) atoms. The van der Waals surface area contributed by atoms with Gasteiger partial charge in [-0.3, -0.25) is 0 Å². The Morgan fingerprint density at radius 1 is 1.42 bits per heavy atom. The number of hydrogen-bond donors (Lipinski definition) is 2. The van der Waals surface area contributed by atoms with Crippen molar-refractivity contribution >= 4 is 5.69 Å². The molecule has 1 aliphatic rings. The van der Waals surface area contributed by atoms with Gasteiger partial charge in [-0.1, -0.05) is 12.1 Å². The molecule has 0 saturated carbocycles. The van der Waals surface area contributed by atoms with Gasteiger partial charge >= 0.3 is 0 Å². The van der Waals surface area contributed by atoms with Crippen molar-refractivity contribution in [2.75, 3.05) is 18.4 Å². The minimum Gasteiger partial charge on any atom is -0.381 e. The van der Waals surface area contributed by atoms with E-state index in [9.17, 15) is 0 Å². The molecule has 4 heteroatoms. The van der Waals surface area contributed by atoms with Crippen LogP contribution < -0.4 is 10.6 Å². The average molecular weight is 256 g/mol. The third-order valence-electron chi connectivity index (χ3n) is 3.52. The number of aromatic nitrogens is 2. The molecule has 1 atom stereocenters. The van der Waals surface area contributed by atoms with Crippen LogP contribution in [-0.4, -0.2) is 28.7 Å². The Hall–Kier alpha value is -1.81. The van der Waals surface area contributed by atoms with E-state index in [2.05, 4.69) is 44.5 Å². The summed E-state index contributed by atoms with van der Waals surface area (Å²) in [6, 6.07) is 9.20. The molecule has 0 aliphatic carbocycles. The van der Waals surface area contributed by atoms with E-state index in [1.165, 1.54) is 24.1 Å². The Bertz CT molecular complexity index is 501. The molecule has 3 rings (SSSR count). The van der Waals surface area contributed by atoms with Crippen LogP contribution in [0.1, 0.15) is 18.4 Å². The molecule has 0 bridgehead atoms. The summed E-state index contributed by atoms with van der Waals surface area (Å²) >= 11 is 0. The number of nitrogens with one attached hydrogen (secondary N) is 2. The fourth-order valence-corrected chi connectivity index (χ4v) is 2.56. The van der Waals surface area contributed by atoms with E-state index in [1.807, 2.05) is 18.7 Å². The number of anilines is 1. The van der Waals surface area contributed by atoms with E-state index in [-0.39, 0.29) is 0 Å². The standard InChI is InChI=1S/C15H20N4/c1-3-13(11-19-8-7-17-12-19)9-14(4-1)18-15-5-2-6-16-10-15/h1,3-4,7-9,12,15-16,18H,2,5-6,10-11H2. The molecular formula is C15H20N4.